The predicted octanol–water partition coefficient (Wildman–Crippen LogP) is 2.30. The van der Waals surface area contributed by atoms with Crippen LogP contribution in [0.2, 0.25) is 0 Å². The minimum absolute atomic E-state index is 0.217. The summed E-state index contributed by atoms with van der Waals surface area (Å²) in [6, 6.07) is 9.74. The largest absolute Gasteiger partial charge is 0.546 e. The average Bonchev–Trinajstić information content (AvgIpc) is 2.67. The van der Waals surface area contributed by atoms with Crippen LogP contribution in [0.25, 0.3) is 22.1 Å². The van der Waals surface area contributed by atoms with Crippen molar-refractivity contribution in [3.63, 3.8) is 0 Å². The molecule has 1 aromatic heterocycles. The molecule has 0 radical (unpaired) electrons. The van der Waals surface area contributed by atoms with Gasteiger partial charge in [0.1, 0.15) is 23.2 Å². The zero-order chi connectivity index (χ0) is 20.4. The molecule has 1 atom stereocenters. The molecule has 2 aromatic carbocycles. The van der Waals surface area contributed by atoms with Gasteiger partial charge >= 0.3 is 0 Å². The summed E-state index contributed by atoms with van der Waals surface area (Å²) >= 11 is 0. The molecule has 0 aliphatic heterocycles. The van der Waals surface area contributed by atoms with E-state index in [1.807, 2.05) is 0 Å². The molecule has 7 heteroatoms. The Balaban J connectivity index is 2.11. The van der Waals surface area contributed by atoms with Gasteiger partial charge < -0.3 is 28.5 Å². The zero-order valence-electron chi connectivity index (χ0n) is 15.9. The van der Waals surface area contributed by atoms with Crippen LogP contribution in [-0.2, 0) is 4.79 Å². The molecule has 0 saturated heterocycles. The Labute approximate surface area is 161 Å². The van der Waals surface area contributed by atoms with Gasteiger partial charge in [-0.05, 0) is 43.7 Å². The van der Waals surface area contributed by atoms with E-state index in [-0.39, 0.29) is 11.2 Å². The number of carboxylic acids is 1. The normalized spacial score (nSPS) is 11.9. The van der Waals surface area contributed by atoms with Crippen molar-refractivity contribution in [2.75, 3.05) is 14.2 Å². The summed E-state index contributed by atoms with van der Waals surface area (Å²) in [5, 5.41) is 11.2. The molecule has 0 aliphatic rings. The molecule has 0 fully saturated rings. The van der Waals surface area contributed by atoms with Crippen LogP contribution in [0.4, 0.5) is 0 Å². The topological polar surface area (TPSA) is 98.0 Å². The first-order chi connectivity index (χ1) is 13.3. The second kappa shape index (κ2) is 7.64. The van der Waals surface area contributed by atoms with E-state index in [1.165, 1.54) is 33.3 Å². The highest BCUT2D eigenvalue weighted by molar-refractivity contribution is 5.84. The van der Waals surface area contributed by atoms with Crippen LogP contribution < -0.4 is 24.7 Å². The fourth-order valence-electron chi connectivity index (χ4n) is 2.94. The van der Waals surface area contributed by atoms with E-state index in [2.05, 4.69) is 0 Å². The predicted molar refractivity (Wildman–Crippen MR) is 101 cm³/mol. The first-order valence-electron chi connectivity index (χ1n) is 8.53. The van der Waals surface area contributed by atoms with Crippen LogP contribution in [0.15, 0.2) is 45.6 Å². The van der Waals surface area contributed by atoms with Crippen molar-refractivity contribution in [1.82, 2.24) is 0 Å². The summed E-state index contributed by atoms with van der Waals surface area (Å²) in [4.78, 5) is 23.9. The molecule has 0 spiro atoms. The first kappa shape index (κ1) is 19.3. The molecule has 0 unspecified atom stereocenters. The molecule has 1 heterocycles. The molecule has 3 rings (SSSR count). The molecule has 0 aliphatic carbocycles. The number of ether oxygens (including phenoxy) is 3. The van der Waals surface area contributed by atoms with E-state index >= 15 is 0 Å². The number of aryl methyl sites for hydroxylation is 1. The number of aliphatic carboxylic acids is 1. The number of carbonyl (C=O) groups excluding carboxylic acids is 1. The highest BCUT2D eigenvalue weighted by Gasteiger charge is 2.16. The first-order valence-corrected chi connectivity index (χ1v) is 8.53. The minimum atomic E-state index is -1.33. The standard InChI is InChI=1S/C21H20O7/c1-11-19(13-5-8-16(25-3)18(9-13)26-4)20(22)15-7-6-14(10-17(15)28-11)27-12(2)21(23)24/h5-10,12H,1-4H3,(H,23,24)/p-1/t12-/m1/s1. The highest BCUT2D eigenvalue weighted by atomic mass is 16.5. The fraction of sp³-hybridized carbons (Fsp3) is 0.238. The number of benzene rings is 2. The Kier molecular flexibility index (Phi) is 5.26. The Bertz CT molecular complexity index is 1100. The third kappa shape index (κ3) is 3.51. The van der Waals surface area contributed by atoms with Crippen LogP contribution in [-0.4, -0.2) is 26.3 Å². The number of hydrogen-bond donors (Lipinski definition) is 0. The van der Waals surface area contributed by atoms with Gasteiger partial charge in [-0.15, -0.1) is 0 Å². The maximum atomic E-state index is 13.1. The summed E-state index contributed by atoms with van der Waals surface area (Å²) in [6.45, 7) is 3.05. The van der Waals surface area contributed by atoms with E-state index in [9.17, 15) is 14.7 Å². The molecule has 0 N–H and O–H groups in total. The van der Waals surface area contributed by atoms with Gasteiger partial charge in [0.05, 0.1) is 31.1 Å². The van der Waals surface area contributed by atoms with Crippen LogP contribution in [0.1, 0.15) is 12.7 Å². The van der Waals surface area contributed by atoms with Crippen LogP contribution in [0, 0.1) is 6.92 Å². The molecule has 0 amide bonds. The second-order valence-corrected chi connectivity index (χ2v) is 6.17. The zero-order valence-corrected chi connectivity index (χ0v) is 15.9. The van der Waals surface area contributed by atoms with E-state index < -0.39 is 12.1 Å². The van der Waals surface area contributed by atoms with Crippen LogP contribution >= 0.6 is 0 Å². The summed E-state index contributed by atoms with van der Waals surface area (Å²) < 4.78 is 21.6. The summed E-state index contributed by atoms with van der Waals surface area (Å²) in [5.41, 5.74) is 1.13. The lowest BCUT2D eigenvalue weighted by Crippen LogP contribution is -2.37. The van der Waals surface area contributed by atoms with Crippen molar-refractivity contribution in [2.24, 2.45) is 0 Å². The molecule has 0 bridgehead atoms. The number of carbonyl (C=O) groups is 1. The Morgan fingerprint density at radius 1 is 1.07 bits per heavy atom. The average molecular weight is 383 g/mol. The van der Waals surface area contributed by atoms with Gasteiger partial charge in [0.25, 0.3) is 0 Å². The third-order valence-corrected chi connectivity index (χ3v) is 4.36. The molecule has 3 aromatic rings. The molecular formula is C21H19O7-. The Morgan fingerprint density at radius 3 is 2.43 bits per heavy atom. The monoisotopic (exact) mass is 383 g/mol. The van der Waals surface area contributed by atoms with Crippen LogP contribution in [0.5, 0.6) is 17.2 Å². The third-order valence-electron chi connectivity index (χ3n) is 4.36. The van der Waals surface area contributed by atoms with E-state index in [0.29, 0.717) is 39.4 Å². The lowest BCUT2D eigenvalue weighted by Gasteiger charge is -2.16. The van der Waals surface area contributed by atoms with Crippen molar-refractivity contribution >= 4 is 16.9 Å². The summed E-state index contributed by atoms with van der Waals surface area (Å²) in [6.07, 6.45) is -1.13. The van der Waals surface area contributed by atoms with Crippen LogP contribution in [0.3, 0.4) is 0 Å². The number of carboxylic acid groups (broad SMARTS) is 1. The van der Waals surface area contributed by atoms with Gasteiger partial charge in [0, 0.05) is 6.07 Å². The molecule has 28 heavy (non-hydrogen) atoms. The Morgan fingerprint density at radius 2 is 1.79 bits per heavy atom. The van der Waals surface area contributed by atoms with Crippen molar-refractivity contribution in [3.05, 3.63) is 52.4 Å². The van der Waals surface area contributed by atoms with Gasteiger partial charge in [-0.2, -0.15) is 0 Å². The Hall–Kier alpha value is -3.48. The van der Waals surface area contributed by atoms with Gasteiger partial charge in [-0.1, -0.05) is 6.07 Å². The van der Waals surface area contributed by atoms with Gasteiger partial charge in [0.15, 0.2) is 11.5 Å². The van der Waals surface area contributed by atoms with E-state index in [4.69, 9.17) is 18.6 Å². The second-order valence-electron chi connectivity index (χ2n) is 6.17. The van der Waals surface area contributed by atoms with Crippen molar-refractivity contribution in [1.29, 1.82) is 0 Å². The summed E-state index contributed by atoms with van der Waals surface area (Å²) in [5.74, 6) is 0.402. The maximum absolute atomic E-state index is 13.1. The lowest BCUT2D eigenvalue weighted by atomic mass is 10.0. The summed E-state index contributed by atoms with van der Waals surface area (Å²) in [7, 11) is 3.06. The van der Waals surface area contributed by atoms with Crippen molar-refractivity contribution < 1.29 is 28.5 Å². The van der Waals surface area contributed by atoms with Gasteiger partial charge in [-0.3, -0.25) is 4.79 Å². The smallest absolute Gasteiger partial charge is 0.200 e. The molecule has 7 nitrogen and oxygen atoms in total. The van der Waals surface area contributed by atoms with Gasteiger partial charge in [-0.25, -0.2) is 0 Å². The molecule has 0 saturated carbocycles. The quantitative estimate of drug-likeness (QED) is 0.644. The van der Waals surface area contributed by atoms with Crippen molar-refractivity contribution in [3.8, 4) is 28.4 Å². The van der Waals surface area contributed by atoms with Gasteiger partial charge in [0.2, 0.25) is 5.43 Å². The highest BCUT2D eigenvalue weighted by Crippen LogP contribution is 2.33. The number of hydrogen-bond acceptors (Lipinski definition) is 7. The lowest BCUT2D eigenvalue weighted by molar-refractivity contribution is -0.312. The van der Waals surface area contributed by atoms with E-state index in [1.54, 1.807) is 31.2 Å². The fourth-order valence-corrected chi connectivity index (χ4v) is 2.94. The van der Waals surface area contributed by atoms with E-state index in [0.717, 1.165) is 0 Å². The minimum Gasteiger partial charge on any atom is -0.546 e. The number of fused-ring (bicyclic) bond motifs is 1. The SMILES string of the molecule is COc1ccc(-c2c(C)oc3cc(O[C@H](C)C(=O)[O-])ccc3c2=O)cc1OC. The molecular weight excluding hydrogens is 364 g/mol. The molecule has 146 valence electrons. The number of methoxy groups -OCH3 is 2. The number of rotatable bonds is 6. The maximum Gasteiger partial charge on any atom is 0.200 e. The van der Waals surface area contributed by atoms with Crippen molar-refractivity contribution in [2.45, 2.75) is 20.0 Å².